The fourth-order valence-electron chi connectivity index (χ4n) is 2.18. The Bertz CT molecular complexity index is 701. The molecule has 0 fully saturated rings. The van der Waals surface area contributed by atoms with Crippen molar-refractivity contribution in [2.45, 2.75) is 13.3 Å². The number of carbonyl (C=O) groups is 1. The van der Waals surface area contributed by atoms with E-state index in [1.54, 1.807) is 24.4 Å². The number of aryl methyl sites for hydroxylation is 1. The van der Waals surface area contributed by atoms with Crippen molar-refractivity contribution in [3.8, 4) is 11.5 Å². The number of anilines is 1. The number of nitrogens with one attached hydrogen (secondary N) is 1. The summed E-state index contributed by atoms with van der Waals surface area (Å²) in [5.41, 5.74) is 1.80. The third-order valence-electron chi connectivity index (χ3n) is 3.20. The van der Waals surface area contributed by atoms with Crippen molar-refractivity contribution in [1.82, 2.24) is 4.98 Å². The normalized spacial score (nSPS) is 12.8. The molecule has 0 spiro atoms. The maximum absolute atomic E-state index is 12.1. The molecule has 1 aromatic heterocycles. The standard InChI is InChI=1S/C16H15ClN2O3/c1-10-2-3-14(18-9-10)19-15(20)8-11-6-12(17)16-13(7-11)21-4-5-22-16/h2-3,6-7,9H,4-5,8H2,1H3,(H,18,19,20). The van der Waals surface area contributed by atoms with Gasteiger partial charge in [0.05, 0.1) is 11.4 Å². The Morgan fingerprint density at radius 2 is 2.14 bits per heavy atom. The lowest BCUT2D eigenvalue weighted by Gasteiger charge is -2.20. The van der Waals surface area contributed by atoms with E-state index >= 15 is 0 Å². The van der Waals surface area contributed by atoms with E-state index in [9.17, 15) is 4.79 Å². The van der Waals surface area contributed by atoms with Gasteiger partial charge >= 0.3 is 0 Å². The quantitative estimate of drug-likeness (QED) is 0.945. The van der Waals surface area contributed by atoms with Crippen molar-refractivity contribution in [2.75, 3.05) is 18.5 Å². The Kier molecular flexibility index (Phi) is 4.15. The van der Waals surface area contributed by atoms with Gasteiger partial charge < -0.3 is 14.8 Å². The molecule has 1 aliphatic rings. The predicted octanol–water partition coefficient (Wildman–Crippen LogP) is 3.00. The molecule has 114 valence electrons. The van der Waals surface area contributed by atoms with Crippen LogP contribution in [-0.2, 0) is 11.2 Å². The van der Waals surface area contributed by atoms with Gasteiger partial charge in [-0.25, -0.2) is 4.98 Å². The third kappa shape index (κ3) is 3.31. The van der Waals surface area contributed by atoms with E-state index < -0.39 is 0 Å². The van der Waals surface area contributed by atoms with E-state index in [0.717, 1.165) is 11.1 Å². The topological polar surface area (TPSA) is 60.5 Å². The lowest BCUT2D eigenvalue weighted by molar-refractivity contribution is -0.115. The number of hydrogen-bond donors (Lipinski definition) is 1. The first-order valence-corrected chi connectivity index (χ1v) is 7.30. The molecule has 1 amide bonds. The molecule has 0 atom stereocenters. The summed E-state index contributed by atoms with van der Waals surface area (Å²) in [6.45, 7) is 2.90. The maximum atomic E-state index is 12.1. The van der Waals surface area contributed by atoms with Crippen LogP contribution in [-0.4, -0.2) is 24.1 Å². The second-order valence-corrected chi connectivity index (χ2v) is 5.45. The third-order valence-corrected chi connectivity index (χ3v) is 3.48. The van der Waals surface area contributed by atoms with Gasteiger partial charge in [-0.3, -0.25) is 4.79 Å². The van der Waals surface area contributed by atoms with Crippen LogP contribution in [0.2, 0.25) is 5.02 Å². The molecular formula is C16H15ClN2O3. The number of rotatable bonds is 3. The fraction of sp³-hybridized carbons (Fsp3) is 0.250. The zero-order valence-electron chi connectivity index (χ0n) is 12.1. The van der Waals surface area contributed by atoms with Crippen molar-refractivity contribution >= 4 is 23.3 Å². The summed E-state index contributed by atoms with van der Waals surface area (Å²) in [4.78, 5) is 16.2. The number of benzene rings is 1. The monoisotopic (exact) mass is 318 g/mol. The summed E-state index contributed by atoms with van der Waals surface area (Å²) in [5.74, 6) is 1.48. The highest BCUT2D eigenvalue weighted by Crippen LogP contribution is 2.38. The average Bonchev–Trinajstić information content (AvgIpc) is 2.49. The second kappa shape index (κ2) is 6.23. The number of carbonyl (C=O) groups excluding carboxylic acids is 1. The number of halogens is 1. The number of hydrogen-bond acceptors (Lipinski definition) is 4. The van der Waals surface area contributed by atoms with Gasteiger partial charge in [-0.05, 0) is 36.2 Å². The van der Waals surface area contributed by atoms with E-state index in [4.69, 9.17) is 21.1 Å². The Labute approximate surface area is 133 Å². The van der Waals surface area contributed by atoms with Crippen molar-refractivity contribution in [1.29, 1.82) is 0 Å². The molecular weight excluding hydrogens is 304 g/mol. The molecule has 0 aliphatic carbocycles. The van der Waals surface area contributed by atoms with Gasteiger partial charge in [0.15, 0.2) is 11.5 Å². The highest BCUT2D eigenvalue weighted by Gasteiger charge is 2.17. The minimum absolute atomic E-state index is 0.163. The van der Waals surface area contributed by atoms with Crippen molar-refractivity contribution in [3.05, 3.63) is 46.6 Å². The van der Waals surface area contributed by atoms with Crippen LogP contribution in [0.4, 0.5) is 5.82 Å². The first-order chi connectivity index (χ1) is 10.6. The number of pyridine rings is 1. The van der Waals surface area contributed by atoms with Crippen LogP contribution in [0.3, 0.4) is 0 Å². The summed E-state index contributed by atoms with van der Waals surface area (Å²) in [6.07, 6.45) is 1.89. The minimum Gasteiger partial charge on any atom is -0.486 e. The number of nitrogens with zero attached hydrogens (tertiary/aromatic N) is 1. The van der Waals surface area contributed by atoms with Crippen molar-refractivity contribution < 1.29 is 14.3 Å². The first-order valence-electron chi connectivity index (χ1n) is 6.92. The second-order valence-electron chi connectivity index (χ2n) is 5.05. The summed E-state index contributed by atoms with van der Waals surface area (Å²) in [6, 6.07) is 7.16. The van der Waals surface area contributed by atoms with E-state index in [-0.39, 0.29) is 12.3 Å². The molecule has 22 heavy (non-hydrogen) atoms. The molecule has 3 rings (SSSR count). The lowest BCUT2D eigenvalue weighted by atomic mass is 10.1. The Morgan fingerprint density at radius 1 is 1.32 bits per heavy atom. The highest BCUT2D eigenvalue weighted by molar-refractivity contribution is 6.32. The van der Waals surface area contributed by atoms with Crippen LogP contribution in [0.25, 0.3) is 0 Å². The Balaban J connectivity index is 1.71. The molecule has 6 heteroatoms. The van der Waals surface area contributed by atoms with Crippen LogP contribution < -0.4 is 14.8 Å². The summed E-state index contributed by atoms with van der Waals surface area (Å²) < 4.78 is 11.0. The molecule has 2 aromatic rings. The van der Waals surface area contributed by atoms with Crippen molar-refractivity contribution in [3.63, 3.8) is 0 Å². The fourth-order valence-corrected chi connectivity index (χ4v) is 2.47. The van der Waals surface area contributed by atoms with Gasteiger partial charge in [-0.2, -0.15) is 0 Å². The molecule has 1 aliphatic heterocycles. The zero-order chi connectivity index (χ0) is 15.5. The zero-order valence-corrected chi connectivity index (χ0v) is 12.8. The van der Waals surface area contributed by atoms with Crippen molar-refractivity contribution in [2.24, 2.45) is 0 Å². The summed E-state index contributed by atoms with van der Waals surface area (Å²) in [7, 11) is 0. The molecule has 0 saturated heterocycles. The molecule has 1 aromatic carbocycles. The Morgan fingerprint density at radius 3 is 2.91 bits per heavy atom. The first kappa shape index (κ1) is 14.7. The van der Waals surface area contributed by atoms with Gasteiger partial charge in [-0.1, -0.05) is 17.7 Å². The molecule has 0 unspecified atom stereocenters. The molecule has 2 heterocycles. The number of aromatic nitrogens is 1. The van der Waals surface area contributed by atoms with Crippen LogP contribution >= 0.6 is 11.6 Å². The SMILES string of the molecule is Cc1ccc(NC(=O)Cc2cc(Cl)c3c(c2)OCCO3)nc1. The maximum Gasteiger partial charge on any atom is 0.229 e. The van der Waals surface area contributed by atoms with Gasteiger partial charge in [0.2, 0.25) is 5.91 Å². The molecule has 0 bridgehead atoms. The smallest absolute Gasteiger partial charge is 0.229 e. The predicted molar refractivity (Wildman–Crippen MR) is 83.7 cm³/mol. The summed E-state index contributed by atoms with van der Waals surface area (Å²) >= 11 is 6.16. The largest absolute Gasteiger partial charge is 0.486 e. The van der Waals surface area contributed by atoms with Gasteiger partial charge in [-0.15, -0.1) is 0 Å². The minimum atomic E-state index is -0.163. The number of ether oxygens (including phenoxy) is 2. The van der Waals surface area contributed by atoms with E-state index in [2.05, 4.69) is 10.3 Å². The van der Waals surface area contributed by atoms with Gasteiger partial charge in [0, 0.05) is 6.20 Å². The van der Waals surface area contributed by atoms with Crippen LogP contribution in [0, 0.1) is 6.92 Å². The van der Waals surface area contributed by atoms with Crippen LogP contribution in [0.1, 0.15) is 11.1 Å². The lowest BCUT2D eigenvalue weighted by Crippen LogP contribution is -2.17. The molecule has 5 nitrogen and oxygen atoms in total. The van der Waals surface area contributed by atoms with Gasteiger partial charge in [0.25, 0.3) is 0 Å². The van der Waals surface area contributed by atoms with E-state index in [1.807, 2.05) is 13.0 Å². The molecule has 0 radical (unpaired) electrons. The van der Waals surface area contributed by atoms with Crippen LogP contribution in [0.5, 0.6) is 11.5 Å². The molecule has 1 N–H and O–H groups in total. The highest BCUT2D eigenvalue weighted by atomic mass is 35.5. The average molecular weight is 319 g/mol. The van der Waals surface area contributed by atoms with E-state index in [1.165, 1.54) is 0 Å². The summed E-state index contributed by atoms with van der Waals surface area (Å²) in [5, 5.41) is 3.20. The molecule has 0 saturated carbocycles. The number of fused-ring (bicyclic) bond motifs is 1. The van der Waals surface area contributed by atoms with Gasteiger partial charge in [0.1, 0.15) is 19.0 Å². The Hall–Kier alpha value is -2.27. The number of amides is 1. The van der Waals surface area contributed by atoms with E-state index in [0.29, 0.717) is 35.6 Å². The van der Waals surface area contributed by atoms with Crippen LogP contribution in [0.15, 0.2) is 30.5 Å².